The van der Waals surface area contributed by atoms with Gasteiger partial charge in [-0.1, -0.05) is 67.5 Å². The lowest BCUT2D eigenvalue weighted by Gasteiger charge is -2.32. The van der Waals surface area contributed by atoms with Crippen LogP contribution in [0, 0.1) is 19.8 Å². The van der Waals surface area contributed by atoms with E-state index in [1.165, 1.54) is 54.5 Å². The molecule has 2 aromatic carbocycles. The van der Waals surface area contributed by atoms with Crippen molar-refractivity contribution >= 4 is 11.4 Å². The first-order valence-electron chi connectivity index (χ1n) is 12.4. The van der Waals surface area contributed by atoms with Gasteiger partial charge >= 0.3 is 0 Å². The predicted molar refractivity (Wildman–Crippen MR) is 141 cm³/mol. The highest BCUT2D eigenvalue weighted by molar-refractivity contribution is 5.66. The molecular formula is C30H42N2. The number of nitrogens with two attached hydrogens (primary N) is 1. The molecule has 2 atom stereocenters. The highest BCUT2D eigenvalue weighted by Gasteiger charge is 2.25. The van der Waals surface area contributed by atoms with Gasteiger partial charge in [-0.2, -0.15) is 0 Å². The van der Waals surface area contributed by atoms with Crippen molar-refractivity contribution in [2.45, 2.75) is 72.1 Å². The Labute approximate surface area is 196 Å². The van der Waals surface area contributed by atoms with Gasteiger partial charge in [-0.25, -0.2) is 0 Å². The minimum atomic E-state index is 0.649. The van der Waals surface area contributed by atoms with E-state index in [4.69, 9.17) is 5.73 Å². The Kier molecular flexibility index (Phi) is 8.61. The van der Waals surface area contributed by atoms with Gasteiger partial charge in [-0.3, -0.25) is 0 Å². The fourth-order valence-corrected chi connectivity index (χ4v) is 5.19. The third-order valence-corrected chi connectivity index (χ3v) is 7.05. The maximum absolute atomic E-state index is 5.93. The average Bonchev–Trinajstić information content (AvgIpc) is 2.77. The smallest absolute Gasteiger partial charge is 0.0369 e. The summed E-state index contributed by atoms with van der Waals surface area (Å²) in [6, 6.07) is 15.9. The standard InChI is InChI=1S/C30H42N2/c1-6-18-32(28-16-17-29(25(5)31)24(4)21-28)19-8-7-9-26-15-12-23(3)20-30(26)27-13-10-22(2)11-14-27/h10-14,16-17,21,26,30H,5-9,15,18-20,31H2,1-4H3/t26-,30-/m0/s1. The van der Waals surface area contributed by atoms with E-state index in [0.717, 1.165) is 31.0 Å². The van der Waals surface area contributed by atoms with Crippen LogP contribution in [0.4, 0.5) is 5.69 Å². The quantitative estimate of drug-likeness (QED) is 0.308. The third kappa shape index (κ3) is 6.28. The summed E-state index contributed by atoms with van der Waals surface area (Å²) in [5, 5.41) is 0. The van der Waals surface area contributed by atoms with Crippen molar-refractivity contribution in [3.8, 4) is 0 Å². The minimum absolute atomic E-state index is 0.649. The number of aryl methyl sites for hydroxylation is 2. The summed E-state index contributed by atoms with van der Waals surface area (Å²) >= 11 is 0. The second kappa shape index (κ2) is 11.4. The molecule has 2 nitrogen and oxygen atoms in total. The molecule has 2 N–H and O–H groups in total. The molecule has 0 aliphatic heterocycles. The Morgan fingerprint density at radius 2 is 1.78 bits per heavy atom. The number of benzene rings is 2. The lowest BCUT2D eigenvalue weighted by molar-refractivity contribution is 0.365. The van der Waals surface area contributed by atoms with Crippen molar-refractivity contribution < 1.29 is 0 Å². The van der Waals surface area contributed by atoms with Crippen molar-refractivity contribution in [3.63, 3.8) is 0 Å². The summed E-state index contributed by atoms with van der Waals surface area (Å²) < 4.78 is 0. The number of hydrogen-bond donors (Lipinski definition) is 1. The molecule has 1 aliphatic rings. The molecule has 0 saturated heterocycles. The molecule has 32 heavy (non-hydrogen) atoms. The lowest BCUT2D eigenvalue weighted by Crippen LogP contribution is -2.26. The molecule has 172 valence electrons. The Morgan fingerprint density at radius 3 is 2.44 bits per heavy atom. The van der Waals surface area contributed by atoms with Crippen molar-refractivity contribution in [2.75, 3.05) is 18.0 Å². The van der Waals surface area contributed by atoms with E-state index in [-0.39, 0.29) is 0 Å². The van der Waals surface area contributed by atoms with Crippen molar-refractivity contribution in [1.82, 2.24) is 0 Å². The van der Waals surface area contributed by atoms with Crippen LogP contribution in [-0.4, -0.2) is 13.1 Å². The van der Waals surface area contributed by atoms with Crippen LogP contribution < -0.4 is 10.6 Å². The van der Waals surface area contributed by atoms with E-state index in [0.29, 0.717) is 11.6 Å². The van der Waals surface area contributed by atoms with Crippen molar-refractivity contribution in [2.24, 2.45) is 11.7 Å². The van der Waals surface area contributed by atoms with Crippen LogP contribution in [0.3, 0.4) is 0 Å². The monoisotopic (exact) mass is 430 g/mol. The highest BCUT2D eigenvalue weighted by atomic mass is 15.1. The molecule has 0 unspecified atom stereocenters. The molecule has 1 aliphatic carbocycles. The molecular weight excluding hydrogens is 388 g/mol. The average molecular weight is 431 g/mol. The summed E-state index contributed by atoms with van der Waals surface area (Å²) in [5.41, 5.74) is 14.6. The summed E-state index contributed by atoms with van der Waals surface area (Å²) in [4.78, 5) is 2.54. The van der Waals surface area contributed by atoms with Gasteiger partial charge in [0.15, 0.2) is 0 Å². The van der Waals surface area contributed by atoms with E-state index < -0.39 is 0 Å². The maximum Gasteiger partial charge on any atom is 0.0369 e. The van der Waals surface area contributed by atoms with E-state index in [9.17, 15) is 0 Å². The first kappa shape index (κ1) is 24.2. The lowest BCUT2D eigenvalue weighted by atomic mass is 9.74. The van der Waals surface area contributed by atoms with Gasteiger partial charge in [-0.05, 0) is 93.5 Å². The molecule has 0 spiro atoms. The fraction of sp³-hybridized carbons (Fsp3) is 0.467. The number of hydrogen-bond acceptors (Lipinski definition) is 2. The molecule has 0 radical (unpaired) electrons. The van der Waals surface area contributed by atoms with Gasteiger partial charge in [-0.15, -0.1) is 0 Å². The van der Waals surface area contributed by atoms with Gasteiger partial charge < -0.3 is 10.6 Å². The maximum atomic E-state index is 5.93. The third-order valence-electron chi connectivity index (χ3n) is 7.05. The van der Waals surface area contributed by atoms with Gasteiger partial charge in [0, 0.05) is 24.5 Å². The zero-order chi connectivity index (χ0) is 23.1. The molecule has 2 heteroatoms. The SMILES string of the molecule is C=C(N)c1ccc(N(CCC)CCCC[C@H]2CC=C(C)C[C@@H]2c2ccc(C)cc2)cc1C. The summed E-state index contributed by atoms with van der Waals surface area (Å²) in [6.45, 7) is 15.0. The number of allylic oxidation sites excluding steroid dienone is 2. The second-order valence-corrected chi connectivity index (χ2v) is 9.77. The Morgan fingerprint density at radius 1 is 1.03 bits per heavy atom. The molecule has 2 aromatic rings. The van der Waals surface area contributed by atoms with Crippen LogP contribution in [0.2, 0.25) is 0 Å². The number of anilines is 1. The number of rotatable bonds is 10. The van der Waals surface area contributed by atoms with Crippen LogP contribution in [0.15, 0.2) is 60.7 Å². The van der Waals surface area contributed by atoms with Crippen LogP contribution >= 0.6 is 0 Å². The molecule has 0 bridgehead atoms. The molecule has 0 heterocycles. The first-order chi connectivity index (χ1) is 15.4. The first-order valence-corrected chi connectivity index (χ1v) is 12.4. The predicted octanol–water partition coefficient (Wildman–Crippen LogP) is 7.76. The van der Waals surface area contributed by atoms with Gasteiger partial charge in [0.1, 0.15) is 0 Å². The summed E-state index contributed by atoms with van der Waals surface area (Å²) in [7, 11) is 0. The van der Waals surface area contributed by atoms with E-state index >= 15 is 0 Å². The van der Waals surface area contributed by atoms with E-state index in [1.54, 1.807) is 5.57 Å². The van der Waals surface area contributed by atoms with Gasteiger partial charge in [0.2, 0.25) is 0 Å². The molecule has 0 fully saturated rings. The number of unbranched alkanes of at least 4 members (excludes halogenated alkanes) is 1. The highest BCUT2D eigenvalue weighted by Crippen LogP contribution is 2.40. The van der Waals surface area contributed by atoms with Crippen LogP contribution in [-0.2, 0) is 0 Å². The normalized spacial score (nSPS) is 18.3. The van der Waals surface area contributed by atoms with Crippen LogP contribution in [0.1, 0.15) is 80.5 Å². The Hall–Kier alpha value is -2.48. The van der Waals surface area contributed by atoms with Gasteiger partial charge in [0.05, 0.1) is 0 Å². The molecule has 3 rings (SSSR count). The van der Waals surface area contributed by atoms with Crippen molar-refractivity contribution in [3.05, 3.63) is 82.9 Å². The summed E-state index contributed by atoms with van der Waals surface area (Å²) in [6.07, 6.45) is 9.93. The minimum Gasteiger partial charge on any atom is -0.399 e. The fourth-order valence-electron chi connectivity index (χ4n) is 5.19. The summed E-state index contributed by atoms with van der Waals surface area (Å²) in [5.74, 6) is 1.44. The van der Waals surface area contributed by atoms with E-state index in [1.807, 2.05) is 0 Å². The van der Waals surface area contributed by atoms with Crippen molar-refractivity contribution in [1.29, 1.82) is 0 Å². The molecule has 0 amide bonds. The zero-order valence-corrected chi connectivity index (χ0v) is 20.7. The molecule has 0 saturated carbocycles. The topological polar surface area (TPSA) is 29.3 Å². The van der Waals surface area contributed by atoms with Gasteiger partial charge in [0.25, 0.3) is 0 Å². The van der Waals surface area contributed by atoms with Crippen LogP contribution in [0.25, 0.3) is 5.70 Å². The Balaban J connectivity index is 1.59. The number of nitrogens with zero attached hydrogens (tertiary/aromatic N) is 1. The molecule has 0 aromatic heterocycles. The van der Waals surface area contributed by atoms with E-state index in [2.05, 4.69) is 87.7 Å². The second-order valence-electron chi connectivity index (χ2n) is 9.77. The van der Waals surface area contributed by atoms with Crippen LogP contribution in [0.5, 0.6) is 0 Å². The Bertz CT molecular complexity index is 922. The largest absolute Gasteiger partial charge is 0.399 e. The zero-order valence-electron chi connectivity index (χ0n) is 20.7.